The number of carbonyl (C=O) groups is 1. The Kier molecular flexibility index (Phi) is 4.81. The number of aryl methyl sites for hydroxylation is 1. The Morgan fingerprint density at radius 2 is 1.85 bits per heavy atom. The molecule has 0 amide bonds. The Balaban J connectivity index is 2.97. The van der Waals surface area contributed by atoms with Crippen molar-refractivity contribution in [2.75, 3.05) is 13.7 Å². The number of esters is 1. The molecule has 0 saturated heterocycles. The van der Waals surface area contributed by atoms with E-state index in [1.165, 1.54) is 12.7 Å². The van der Waals surface area contributed by atoms with Crippen LogP contribution in [0.3, 0.4) is 0 Å². The van der Waals surface area contributed by atoms with E-state index in [4.69, 9.17) is 10.5 Å². The van der Waals surface area contributed by atoms with Crippen molar-refractivity contribution in [2.45, 2.75) is 45.6 Å². The molecule has 0 saturated carbocycles. The van der Waals surface area contributed by atoms with Crippen molar-refractivity contribution in [1.82, 2.24) is 0 Å². The Labute approximate surface area is 121 Å². The van der Waals surface area contributed by atoms with Crippen LogP contribution >= 0.6 is 0 Å². The minimum atomic E-state index is -1.16. The van der Waals surface area contributed by atoms with Gasteiger partial charge in [-0.3, -0.25) is 0 Å². The van der Waals surface area contributed by atoms with Crippen LogP contribution in [0.2, 0.25) is 0 Å². The number of rotatable bonds is 4. The van der Waals surface area contributed by atoms with Gasteiger partial charge in [0.2, 0.25) is 0 Å². The lowest BCUT2D eigenvalue weighted by Crippen LogP contribution is -2.50. The van der Waals surface area contributed by atoms with E-state index in [0.29, 0.717) is 0 Å². The van der Waals surface area contributed by atoms with Gasteiger partial charge in [-0.1, -0.05) is 38.5 Å². The first-order valence-corrected chi connectivity index (χ1v) is 6.69. The molecule has 0 fully saturated rings. The van der Waals surface area contributed by atoms with Gasteiger partial charge in [0.15, 0.2) is 0 Å². The average molecular weight is 279 g/mol. The highest BCUT2D eigenvalue weighted by Gasteiger charge is 2.31. The molecule has 0 spiro atoms. The summed E-state index contributed by atoms with van der Waals surface area (Å²) >= 11 is 0. The predicted molar refractivity (Wildman–Crippen MR) is 80.0 cm³/mol. The molecule has 0 aliphatic carbocycles. The van der Waals surface area contributed by atoms with Gasteiger partial charge >= 0.3 is 5.97 Å². The second kappa shape index (κ2) is 5.83. The fourth-order valence-corrected chi connectivity index (χ4v) is 1.88. The molecule has 1 aromatic carbocycles. The molecule has 0 aromatic heterocycles. The number of hydrogen-bond acceptors (Lipinski definition) is 4. The molecule has 0 heterocycles. The van der Waals surface area contributed by atoms with Gasteiger partial charge in [-0.05, 0) is 30.9 Å². The topological polar surface area (TPSA) is 61.5 Å². The third-order valence-corrected chi connectivity index (χ3v) is 3.12. The first-order chi connectivity index (χ1) is 9.08. The summed E-state index contributed by atoms with van der Waals surface area (Å²) in [6.07, 6.45) is 0. The quantitative estimate of drug-likeness (QED) is 0.860. The Hall–Kier alpha value is -1.55. The van der Waals surface area contributed by atoms with Crippen molar-refractivity contribution < 1.29 is 14.3 Å². The first-order valence-electron chi connectivity index (χ1n) is 6.69. The van der Waals surface area contributed by atoms with Gasteiger partial charge in [0, 0.05) is 0 Å². The van der Waals surface area contributed by atoms with Crippen LogP contribution in [-0.4, -0.2) is 25.2 Å². The number of hydrogen-bond donors (Lipinski definition) is 1. The summed E-state index contributed by atoms with van der Waals surface area (Å²) < 4.78 is 10.5. The molecule has 20 heavy (non-hydrogen) atoms. The summed E-state index contributed by atoms with van der Waals surface area (Å²) in [5.41, 5.74) is 6.97. The third kappa shape index (κ3) is 3.97. The zero-order valence-corrected chi connectivity index (χ0v) is 13.2. The molecule has 0 aliphatic rings. The van der Waals surface area contributed by atoms with E-state index in [2.05, 4.69) is 31.6 Å². The third-order valence-electron chi connectivity index (χ3n) is 3.12. The molecule has 0 radical (unpaired) electrons. The van der Waals surface area contributed by atoms with Crippen molar-refractivity contribution in [3.63, 3.8) is 0 Å². The highest BCUT2D eigenvalue weighted by Crippen LogP contribution is 2.32. The number of nitrogens with two attached hydrogens (primary N) is 1. The number of carbonyl (C=O) groups excluding carboxylic acids is 1. The Bertz CT molecular complexity index is 487. The molecule has 2 N–H and O–H groups in total. The highest BCUT2D eigenvalue weighted by atomic mass is 16.5. The molecule has 1 aromatic rings. The molecule has 0 bridgehead atoms. The normalized spacial score (nSPS) is 14.6. The number of methoxy groups -OCH3 is 1. The van der Waals surface area contributed by atoms with Gasteiger partial charge in [-0.2, -0.15) is 0 Å². The van der Waals surface area contributed by atoms with E-state index in [9.17, 15) is 4.79 Å². The fraction of sp³-hybridized carbons (Fsp3) is 0.562. The van der Waals surface area contributed by atoms with E-state index in [1.807, 2.05) is 19.1 Å². The van der Waals surface area contributed by atoms with E-state index < -0.39 is 11.5 Å². The number of benzene rings is 1. The van der Waals surface area contributed by atoms with Crippen molar-refractivity contribution in [2.24, 2.45) is 5.73 Å². The van der Waals surface area contributed by atoms with Crippen molar-refractivity contribution >= 4 is 5.97 Å². The van der Waals surface area contributed by atoms with Crippen molar-refractivity contribution in [1.29, 1.82) is 0 Å². The molecule has 4 heteroatoms. The van der Waals surface area contributed by atoms with Crippen LogP contribution in [0, 0.1) is 6.92 Å². The van der Waals surface area contributed by atoms with Crippen LogP contribution in [0.4, 0.5) is 0 Å². The second-order valence-electron chi connectivity index (χ2n) is 6.45. The standard InChI is InChI=1S/C16H25NO3/c1-11-7-8-13(12(9-11)15(2,3)4)20-10-16(5,17)14(18)19-6/h7-9H,10,17H2,1-6H3. The molecule has 4 nitrogen and oxygen atoms in total. The zero-order valence-electron chi connectivity index (χ0n) is 13.2. The van der Waals surface area contributed by atoms with Crippen LogP contribution in [0.15, 0.2) is 18.2 Å². The van der Waals surface area contributed by atoms with Gasteiger partial charge in [-0.25, -0.2) is 4.79 Å². The van der Waals surface area contributed by atoms with Crippen LogP contribution in [0.1, 0.15) is 38.8 Å². The predicted octanol–water partition coefficient (Wildman–Crippen LogP) is 2.56. The zero-order chi connectivity index (χ0) is 15.6. The lowest BCUT2D eigenvalue weighted by Gasteiger charge is -2.26. The van der Waals surface area contributed by atoms with Crippen LogP contribution in [-0.2, 0) is 14.9 Å². The molecule has 112 valence electrons. The smallest absolute Gasteiger partial charge is 0.329 e. The largest absolute Gasteiger partial charge is 0.491 e. The molecular weight excluding hydrogens is 254 g/mol. The Morgan fingerprint density at radius 3 is 2.35 bits per heavy atom. The summed E-state index contributed by atoms with van der Waals surface area (Å²) in [6, 6.07) is 6.00. The minimum absolute atomic E-state index is 0.0440. The van der Waals surface area contributed by atoms with Gasteiger partial charge in [-0.15, -0.1) is 0 Å². The van der Waals surface area contributed by atoms with E-state index in [0.717, 1.165) is 11.3 Å². The maximum atomic E-state index is 11.6. The van der Waals surface area contributed by atoms with Crippen LogP contribution < -0.4 is 10.5 Å². The van der Waals surface area contributed by atoms with Gasteiger partial charge < -0.3 is 15.2 Å². The second-order valence-corrected chi connectivity index (χ2v) is 6.45. The summed E-state index contributed by atoms with van der Waals surface area (Å²) in [5, 5.41) is 0. The number of ether oxygens (including phenoxy) is 2. The van der Waals surface area contributed by atoms with Crippen molar-refractivity contribution in [3.05, 3.63) is 29.3 Å². The maximum Gasteiger partial charge on any atom is 0.329 e. The van der Waals surface area contributed by atoms with E-state index in [1.54, 1.807) is 6.92 Å². The average Bonchev–Trinajstić information content (AvgIpc) is 2.35. The van der Waals surface area contributed by atoms with E-state index in [-0.39, 0.29) is 12.0 Å². The van der Waals surface area contributed by atoms with Gasteiger partial charge in [0.25, 0.3) is 0 Å². The summed E-state index contributed by atoms with van der Waals surface area (Å²) in [5.74, 6) is 0.269. The molecule has 1 atom stereocenters. The maximum absolute atomic E-state index is 11.6. The van der Waals surface area contributed by atoms with Crippen molar-refractivity contribution in [3.8, 4) is 5.75 Å². The van der Waals surface area contributed by atoms with Gasteiger partial charge in [0.05, 0.1) is 7.11 Å². The van der Waals surface area contributed by atoms with Crippen LogP contribution in [0.5, 0.6) is 5.75 Å². The monoisotopic (exact) mass is 279 g/mol. The molecule has 1 rings (SSSR count). The molecule has 1 unspecified atom stereocenters. The lowest BCUT2D eigenvalue weighted by atomic mass is 9.85. The molecular formula is C16H25NO3. The summed E-state index contributed by atoms with van der Waals surface area (Å²) in [7, 11) is 1.32. The Morgan fingerprint density at radius 1 is 1.25 bits per heavy atom. The van der Waals surface area contributed by atoms with Gasteiger partial charge in [0.1, 0.15) is 17.9 Å². The summed E-state index contributed by atoms with van der Waals surface area (Å²) in [6.45, 7) is 10.1. The summed E-state index contributed by atoms with van der Waals surface area (Å²) in [4.78, 5) is 11.6. The SMILES string of the molecule is COC(=O)C(C)(N)COc1ccc(C)cc1C(C)(C)C. The lowest BCUT2D eigenvalue weighted by molar-refractivity contribution is -0.147. The highest BCUT2D eigenvalue weighted by molar-refractivity contribution is 5.80. The van der Waals surface area contributed by atoms with Crippen LogP contribution in [0.25, 0.3) is 0 Å². The van der Waals surface area contributed by atoms with E-state index >= 15 is 0 Å². The first kappa shape index (κ1) is 16.5. The minimum Gasteiger partial charge on any atom is -0.491 e. The fourth-order valence-electron chi connectivity index (χ4n) is 1.88. The molecule has 0 aliphatic heterocycles.